The molecule has 0 aromatic carbocycles. The summed E-state index contributed by atoms with van der Waals surface area (Å²) >= 11 is 11.7. The number of rotatable bonds is 4. The van der Waals surface area contributed by atoms with Crippen LogP contribution in [0.25, 0.3) is 0 Å². The van der Waals surface area contributed by atoms with E-state index in [1.807, 2.05) is 0 Å². The molecule has 4 aromatic heterocycles. The molecule has 156 valence electrons. The molecule has 0 radical (unpaired) electrons. The third-order valence-electron chi connectivity index (χ3n) is 2.62. The van der Waals surface area contributed by atoms with Gasteiger partial charge in [-0.05, 0) is 47.5 Å². The molecular weight excluding hydrogens is 513 g/mol. The average Bonchev–Trinajstić information content (AvgIpc) is 3.49. The monoisotopic (exact) mass is 520 g/mol. The number of furan rings is 2. The number of aliphatic imine (C=N–C) groups is 2. The second kappa shape index (κ2) is 13.1. The number of aromatic nitrogens is 6. The van der Waals surface area contributed by atoms with Crippen molar-refractivity contribution in [3.05, 3.63) is 58.9 Å². The van der Waals surface area contributed by atoms with E-state index in [2.05, 4.69) is 40.3 Å². The Bertz CT molecular complexity index is 920. The van der Waals surface area contributed by atoms with Crippen LogP contribution in [0.4, 0.5) is 11.9 Å². The number of nitrogens with zero attached hydrogens (tertiary/aromatic N) is 6. The molecule has 2 N–H and O–H groups in total. The second-order valence-corrected chi connectivity index (χ2v) is 6.84. The van der Waals surface area contributed by atoms with Crippen molar-refractivity contribution in [2.45, 2.75) is 0 Å². The standard InChI is InChI=1S/2C7H5ClN4O.2ClH.Ni/c2*8-6-2-1-5(13-6)3-9-7-10-4-11-12-7;;;/h2*1-4H,(H,10,11,12);2*1H;/q;;;;+2/p-2/b2*9-3+;;;. The van der Waals surface area contributed by atoms with Gasteiger partial charge in [-0.2, -0.15) is 20.2 Å². The summed E-state index contributed by atoms with van der Waals surface area (Å²) in [6.45, 7) is 0. The summed E-state index contributed by atoms with van der Waals surface area (Å²) < 4.78 is 10.1. The van der Waals surface area contributed by atoms with E-state index in [0.717, 1.165) is 0 Å². The summed E-state index contributed by atoms with van der Waals surface area (Å²) in [5, 5.41) is 13.1. The Morgan fingerprint density at radius 3 is 1.48 bits per heavy atom. The zero-order chi connectivity index (χ0) is 20.9. The summed E-state index contributed by atoms with van der Waals surface area (Å²) in [5.41, 5.74) is 0. The van der Waals surface area contributed by atoms with E-state index < -0.39 is 0 Å². The van der Waals surface area contributed by atoms with Crippen LogP contribution in [0.3, 0.4) is 0 Å². The van der Waals surface area contributed by atoms with Crippen molar-refractivity contribution in [3.8, 4) is 0 Å². The molecule has 4 rings (SSSR count). The predicted octanol–water partition coefficient (Wildman–Crippen LogP) is 4.98. The molecule has 15 heteroatoms. The number of hydrogen-bond acceptors (Lipinski definition) is 8. The molecule has 0 amide bonds. The molecule has 0 saturated carbocycles. The van der Waals surface area contributed by atoms with Gasteiger partial charge < -0.3 is 8.83 Å². The molecule has 0 fully saturated rings. The molecule has 0 spiro atoms. The zero-order valence-corrected chi connectivity index (χ0v) is 18.0. The van der Waals surface area contributed by atoms with Gasteiger partial charge in [0.2, 0.25) is 11.9 Å². The fourth-order valence-electron chi connectivity index (χ4n) is 1.57. The summed E-state index contributed by atoms with van der Waals surface area (Å²) in [6.07, 6.45) is 5.77. The number of hydrogen-bond donors (Lipinski definition) is 2. The topological polar surface area (TPSA) is 134 Å². The number of nitrogens with one attached hydrogen (secondary N) is 2. The maximum absolute atomic E-state index is 5.56. The van der Waals surface area contributed by atoms with Gasteiger partial charge in [0.1, 0.15) is 24.2 Å². The zero-order valence-electron chi connectivity index (χ0n) is 13.9. The SMILES string of the molecule is Clc1ccc(/C=N/c2ncn[nH]2)o1.Clc1ccc(/C=N/c2ncn[nH]2)o1.[Cl][Ni][Cl]. The van der Waals surface area contributed by atoms with Crippen LogP contribution in [-0.2, 0) is 12.7 Å². The number of H-pyrrole nitrogens is 2. The first kappa shape index (κ1) is 23.1. The summed E-state index contributed by atoms with van der Waals surface area (Å²) in [7, 11) is 9.40. The minimum absolute atomic E-state index is 0.332. The summed E-state index contributed by atoms with van der Waals surface area (Å²) in [6, 6.07) is 6.71. The van der Waals surface area contributed by atoms with E-state index in [1.165, 1.54) is 25.1 Å². The van der Waals surface area contributed by atoms with E-state index in [9.17, 15) is 0 Å². The van der Waals surface area contributed by atoms with Crippen molar-refractivity contribution >= 4 is 67.9 Å². The Kier molecular flexibility index (Phi) is 10.5. The molecular formula is C14H10Cl4N8NiO2. The van der Waals surface area contributed by atoms with Crippen LogP contribution in [0, 0.1) is 0 Å². The molecule has 0 aliphatic heterocycles. The van der Waals surface area contributed by atoms with Crippen LogP contribution in [0.5, 0.6) is 0 Å². The van der Waals surface area contributed by atoms with E-state index in [4.69, 9.17) is 52.4 Å². The van der Waals surface area contributed by atoms with Crippen LogP contribution in [0.15, 0.2) is 55.7 Å². The molecule has 29 heavy (non-hydrogen) atoms. The van der Waals surface area contributed by atoms with Crippen molar-refractivity contribution < 1.29 is 21.5 Å². The van der Waals surface area contributed by atoms with Gasteiger partial charge in [-0.3, -0.25) is 0 Å². The molecule has 0 aliphatic carbocycles. The molecule has 4 aromatic rings. The fourth-order valence-corrected chi connectivity index (χ4v) is 1.87. The average molecular weight is 523 g/mol. The summed E-state index contributed by atoms with van der Waals surface area (Å²) in [4.78, 5) is 15.5. The van der Waals surface area contributed by atoms with Gasteiger partial charge in [0.15, 0.2) is 10.4 Å². The third kappa shape index (κ3) is 9.25. The van der Waals surface area contributed by atoms with E-state index >= 15 is 0 Å². The van der Waals surface area contributed by atoms with E-state index in [-0.39, 0.29) is 0 Å². The number of halogens is 4. The normalized spacial score (nSPS) is 10.8. The first-order valence-electron chi connectivity index (χ1n) is 7.22. The third-order valence-corrected chi connectivity index (χ3v) is 3.03. The van der Waals surface area contributed by atoms with E-state index in [0.29, 0.717) is 46.5 Å². The van der Waals surface area contributed by atoms with Crippen LogP contribution in [-0.4, -0.2) is 42.8 Å². The minimum atomic E-state index is 0.332. The van der Waals surface area contributed by atoms with Gasteiger partial charge in [0.05, 0.1) is 12.4 Å². The first-order chi connectivity index (χ1) is 14.1. The van der Waals surface area contributed by atoms with Crippen LogP contribution < -0.4 is 0 Å². The van der Waals surface area contributed by atoms with Crippen LogP contribution in [0.2, 0.25) is 10.4 Å². The van der Waals surface area contributed by atoms with Crippen LogP contribution in [0.1, 0.15) is 11.5 Å². The molecule has 0 saturated heterocycles. The van der Waals surface area contributed by atoms with Gasteiger partial charge in [-0.1, -0.05) is 0 Å². The van der Waals surface area contributed by atoms with Gasteiger partial charge in [0.25, 0.3) is 0 Å². The fraction of sp³-hybridized carbons (Fsp3) is 0. The molecule has 10 nitrogen and oxygen atoms in total. The molecule has 4 heterocycles. The predicted molar refractivity (Wildman–Crippen MR) is 106 cm³/mol. The second-order valence-electron chi connectivity index (χ2n) is 4.46. The Balaban J connectivity index is 0.000000183. The molecule has 0 bridgehead atoms. The van der Waals surface area contributed by atoms with Gasteiger partial charge in [-0.25, -0.2) is 20.2 Å². The maximum atomic E-state index is 5.56. The van der Waals surface area contributed by atoms with Crippen molar-refractivity contribution in [1.82, 2.24) is 30.4 Å². The van der Waals surface area contributed by atoms with Gasteiger partial charge in [-0.15, -0.1) is 0 Å². The van der Waals surface area contributed by atoms with Crippen molar-refractivity contribution in [2.75, 3.05) is 0 Å². The molecule has 0 unspecified atom stereocenters. The Morgan fingerprint density at radius 1 is 0.793 bits per heavy atom. The van der Waals surface area contributed by atoms with Gasteiger partial charge in [0, 0.05) is 0 Å². The Morgan fingerprint density at radius 2 is 1.21 bits per heavy atom. The first-order valence-corrected chi connectivity index (χ1v) is 10.7. The van der Waals surface area contributed by atoms with E-state index in [1.54, 1.807) is 24.3 Å². The van der Waals surface area contributed by atoms with Crippen molar-refractivity contribution in [1.29, 1.82) is 0 Å². The summed E-state index contributed by atoms with van der Waals surface area (Å²) in [5.74, 6) is 1.99. The Hall–Kier alpha value is -2.17. The van der Waals surface area contributed by atoms with Crippen molar-refractivity contribution in [2.24, 2.45) is 9.98 Å². The van der Waals surface area contributed by atoms with Crippen LogP contribution >= 0.6 is 43.6 Å². The number of aromatic amines is 2. The van der Waals surface area contributed by atoms with Crippen molar-refractivity contribution in [3.63, 3.8) is 0 Å². The Labute approximate surface area is 188 Å². The quantitative estimate of drug-likeness (QED) is 0.287. The molecule has 0 aliphatic rings. The van der Waals surface area contributed by atoms with Gasteiger partial charge >= 0.3 is 33.0 Å². The molecule has 0 atom stereocenters.